The Morgan fingerprint density at radius 1 is 1.38 bits per heavy atom. The molecule has 0 radical (unpaired) electrons. The maximum Gasteiger partial charge on any atom is 0.0471 e. The van der Waals surface area contributed by atoms with Crippen molar-refractivity contribution in [1.29, 1.82) is 0 Å². The largest absolute Gasteiger partial charge is 0.381 e. The second kappa shape index (κ2) is 3.84. The van der Waals surface area contributed by atoms with E-state index in [1.165, 1.54) is 10.0 Å². The highest BCUT2D eigenvalue weighted by atomic mass is 79.9. The van der Waals surface area contributed by atoms with Crippen LogP contribution in [0.15, 0.2) is 16.9 Å². The van der Waals surface area contributed by atoms with Crippen LogP contribution in [0.1, 0.15) is 24.3 Å². The van der Waals surface area contributed by atoms with E-state index in [9.17, 15) is 0 Å². The molecule has 0 aliphatic carbocycles. The van der Waals surface area contributed by atoms with Gasteiger partial charge in [0, 0.05) is 37.1 Å². The van der Waals surface area contributed by atoms with E-state index in [2.05, 4.69) is 39.9 Å². The molecule has 1 aromatic rings. The van der Waals surface area contributed by atoms with Gasteiger partial charge in [0.05, 0.1) is 0 Å². The molecule has 0 spiro atoms. The van der Waals surface area contributed by atoms with Gasteiger partial charge in [0.1, 0.15) is 0 Å². The van der Waals surface area contributed by atoms with E-state index in [4.69, 9.17) is 4.74 Å². The fourth-order valence-electron chi connectivity index (χ4n) is 1.88. The average molecular weight is 244 g/mol. The van der Waals surface area contributed by atoms with Crippen LogP contribution in [0, 0.1) is 0 Å². The van der Waals surface area contributed by atoms with Gasteiger partial charge in [-0.3, -0.25) is 0 Å². The van der Waals surface area contributed by atoms with Gasteiger partial charge >= 0.3 is 0 Å². The first-order chi connectivity index (χ1) is 6.27. The number of halogens is 1. The van der Waals surface area contributed by atoms with E-state index in [1.807, 2.05) is 0 Å². The van der Waals surface area contributed by atoms with Crippen LogP contribution in [0.25, 0.3) is 0 Å². The summed E-state index contributed by atoms with van der Waals surface area (Å²) >= 11 is 3.59. The summed E-state index contributed by atoms with van der Waals surface area (Å²) in [6.07, 6.45) is 6.64. The highest BCUT2D eigenvalue weighted by molar-refractivity contribution is 9.10. The van der Waals surface area contributed by atoms with Crippen molar-refractivity contribution in [2.45, 2.75) is 18.8 Å². The van der Waals surface area contributed by atoms with Gasteiger partial charge in [-0.25, -0.2) is 0 Å². The van der Waals surface area contributed by atoms with Crippen molar-refractivity contribution >= 4 is 15.9 Å². The van der Waals surface area contributed by atoms with Crippen molar-refractivity contribution in [3.8, 4) is 0 Å². The molecule has 13 heavy (non-hydrogen) atoms. The Hall–Kier alpha value is -0.280. The standard InChI is InChI=1S/C10H14BrNO/c1-12-6-9(10(11)7-12)8-2-4-13-5-3-8/h6-8H,2-5H2,1H3. The van der Waals surface area contributed by atoms with Crippen molar-refractivity contribution in [2.24, 2.45) is 7.05 Å². The van der Waals surface area contributed by atoms with Crippen LogP contribution in [0.5, 0.6) is 0 Å². The van der Waals surface area contributed by atoms with Gasteiger partial charge in [0.15, 0.2) is 0 Å². The Balaban J connectivity index is 2.18. The highest BCUT2D eigenvalue weighted by Gasteiger charge is 2.18. The molecule has 1 saturated heterocycles. The third-order valence-corrected chi connectivity index (χ3v) is 3.26. The molecule has 3 heteroatoms. The van der Waals surface area contributed by atoms with E-state index in [0.717, 1.165) is 26.1 Å². The van der Waals surface area contributed by atoms with E-state index in [-0.39, 0.29) is 0 Å². The molecule has 2 heterocycles. The van der Waals surface area contributed by atoms with E-state index in [1.54, 1.807) is 0 Å². The second-order valence-electron chi connectivity index (χ2n) is 3.61. The van der Waals surface area contributed by atoms with Gasteiger partial charge in [-0.2, -0.15) is 0 Å². The fraction of sp³-hybridized carbons (Fsp3) is 0.600. The molecule has 0 N–H and O–H groups in total. The van der Waals surface area contributed by atoms with Crippen LogP contribution < -0.4 is 0 Å². The lowest BCUT2D eigenvalue weighted by Crippen LogP contribution is -2.13. The molecule has 2 nitrogen and oxygen atoms in total. The monoisotopic (exact) mass is 243 g/mol. The minimum Gasteiger partial charge on any atom is -0.381 e. The SMILES string of the molecule is Cn1cc(Br)c(C2CCOCC2)c1. The predicted molar refractivity (Wildman–Crippen MR) is 55.9 cm³/mol. The molecule has 1 fully saturated rings. The molecular weight excluding hydrogens is 230 g/mol. The molecular formula is C10H14BrNO. The van der Waals surface area contributed by atoms with Crippen molar-refractivity contribution < 1.29 is 4.74 Å². The van der Waals surface area contributed by atoms with Gasteiger partial charge < -0.3 is 9.30 Å². The third-order valence-electron chi connectivity index (χ3n) is 2.60. The molecule has 0 aromatic carbocycles. The third kappa shape index (κ3) is 1.97. The molecule has 1 aromatic heterocycles. The quantitative estimate of drug-likeness (QED) is 0.740. The van der Waals surface area contributed by atoms with E-state index < -0.39 is 0 Å². The number of aryl methyl sites for hydroxylation is 1. The summed E-state index contributed by atoms with van der Waals surface area (Å²) in [5, 5.41) is 0. The molecule has 2 rings (SSSR count). The number of hydrogen-bond acceptors (Lipinski definition) is 1. The van der Waals surface area contributed by atoms with Gasteiger partial charge in [-0.1, -0.05) is 0 Å². The Morgan fingerprint density at radius 2 is 2.08 bits per heavy atom. The smallest absolute Gasteiger partial charge is 0.0471 e. The summed E-state index contributed by atoms with van der Waals surface area (Å²) in [4.78, 5) is 0. The molecule has 0 saturated carbocycles. The number of nitrogens with zero attached hydrogens (tertiary/aromatic N) is 1. The molecule has 0 amide bonds. The molecule has 0 unspecified atom stereocenters. The number of rotatable bonds is 1. The first-order valence-corrected chi connectivity index (χ1v) is 5.46. The summed E-state index contributed by atoms with van der Waals surface area (Å²) in [5.41, 5.74) is 1.44. The number of aromatic nitrogens is 1. The van der Waals surface area contributed by atoms with Crippen LogP contribution in [0.3, 0.4) is 0 Å². The molecule has 0 bridgehead atoms. The van der Waals surface area contributed by atoms with Gasteiger partial charge in [-0.15, -0.1) is 0 Å². The Kier molecular flexibility index (Phi) is 2.74. The highest BCUT2D eigenvalue weighted by Crippen LogP contribution is 2.32. The molecule has 1 aliphatic rings. The first-order valence-electron chi connectivity index (χ1n) is 4.66. The van der Waals surface area contributed by atoms with Crippen LogP contribution in [0.2, 0.25) is 0 Å². The number of hydrogen-bond donors (Lipinski definition) is 0. The summed E-state index contributed by atoms with van der Waals surface area (Å²) in [7, 11) is 2.06. The Labute approximate surface area is 87.0 Å². The maximum atomic E-state index is 5.35. The Morgan fingerprint density at radius 3 is 2.62 bits per heavy atom. The predicted octanol–water partition coefficient (Wildman–Crippen LogP) is 2.68. The van der Waals surface area contributed by atoms with Crippen LogP contribution in [-0.4, -0.2) is 17.8 Å². The van der Waals surface area contributed by atoms with Crippen LogP contribution in [-0.2, 0) is 11.8 Å². The van der Waals surface area contributed by atoms with Crippen LogP contribution >= 0.6 is 15.9 Å². The normalized spacial score (nSPS) is 19.2. The van der Waals surface area contributed by atoms with Crippen molar-refractivity contribution in [1.82, 2.24) is 4.57 Å². The van der Waals surface area contributed by atoms with Crippen molar-refractivity contribution in [3.05, 3.63) is 22.4 Å². The minimum absolute atomic E-state index is 0.685. The first kappa shape index (κ1) is 9.28. The summed E-state index contributed by atoms with van der Waals surface area (Å²) in [5.74, 6) is 0.685. The van der Waals surface area contributed by atoms with Gasteiger partial charge in [0.25, 0.3) is 0 Å². The molecule has 72 valence electrons. The lowest BCUT2D eigenvalue weighted by atomic mass is 9.94. The summed E-state index contributed by atoms with van der Waals surface area (Å²) < 4.78 is 8.69. The molecule has 0 atom stereocenters. The topological polar surface area (TPSA) is 14.2 Å². The number of ether oxygens (including phenoxy) is 1. The van der Waals surface area contributed by atoms with E-state index >= 15 is 0 Å². The average Bonchev–Trinajstić information content (AvgIpc) is 2.47. The van der Waals surface area contributed by atoms with Gasteiger partial charge in [-0.05, 0) is 40.3 Å². The van der Waals surface area contributed by atoms with Crippen LogP contribution in [0.4, 0.5) is 0 Å². The van der Waals surface area contributed by atoms with Crippen molar-refractivity contribution in [3.63, 3.8) is 0 Å². The minimum atomic E-state index is 0.685. The zero-order chi connectivity index (χ0) is 9.26. The van der Waals surface area contributed by atoms with Gasteiger partial charge in [0.2, 0.25) is 0 Å². The lowest BCUT2D eigenvalue weighted by Gasteiger charge is -2.21. The Bertz CT molecular complexity index is 289. The summed E-state index contributed by atoms with van der Waals surface area (Å²) in [6.45, 7) is 1.82. The zero-order valence-corrected chi connectivity index (χ0v) is 9.38. The second-order valence-corrected chi connectivity index (χ2v) is 4.47. The van der Waals surface area contributed by atoms with E-state index in [0.29, 0.717) is 5.92 Å². The van der Waals surface area contributed by atoms with Crippen molar-refractivity contribution in [2.75, 3.05) is 13.2 Å². The summed E-state index contributed by atoms with van der Waals surface area (Å²) in [6, 6.07) is 0. The zero-order valence-electron chi connectivity index (χ0n) is 7.79. The lowest BCUT2D eigenvalue weighted by molar-refractivity contribution is 0.0852. The molecule has 1 aliphatic heterocycles. The fourth-order valence-corrected chi connectivity index (χ4v) is 2.63. The maximum absolute atomic E-state index is 5.35.